The molecule has 0 aliphatic carbocycles. The molecule has 2 aromatic rings. The molecule has 0 atom stereocenters. The quantitative estimate of drug-likeness (QED) is 0.845. The third-order valence-electron chi connectivity index (χ3n) is 4.84. The number of ether oxygens (including phenoxy) is 2. The fourth-order valence-corrected chi connectivity index (χ4v) is 3.31. The van der Waals surface area contributed by atoms with Crippen LogP contribution in [-0.2, 0) is 6.54 Å². The molecule has 1 aliphatic heterocycles. The Balaban J connectivity index is 1.65. The summed E-state index contributed by atoms with van der Waals surface area (Å²) < 4.78 is 10.6. The van der Waals surface area contributed by atoms with Crippen molar-refractivity contribution in [2.24, 2.45) is 0 Å². The first-order valence-corrected chi connectivity index (χ1v) is 9.41. The number of carbonyl (C=O) groups is 1. The number of pyridine rings is 1. The molecule has 0 radical (unpaired) electrons. The van der Waals surface area contributed by atoms with Gasteiger partial charge in [0.15, 0.2) is 11.5 Å². The molecule has 1 aromatic heterocycles. The molecule has 27 heavy (non-hydrogen) atoms. The smallest absolute Gasteiger partial charge is 0.251 e. The molecule has 6 heteroatoms. The number of hydrogen-bond acceptors (Lipinski definition) is 5. The van der Waals surface area contributed by atoms with E-state index >= 15 is 0 Å². The Kier molecular flexibility index (Phi) is 6.52. The molecular formula is C21H27N3O3. The van der Waals surface area contributed by atoms with Crippen LogP contribution in [0.5, 0.6) is 11.5 Å². The maximum Gasteiger partial charge on any atom is 0.251 e. The average molecular weight is 369 g/mol. The van der Waals surface area contributed by atoms with Crippen molar-refractivity contribution in [3.63, 3.8) is 0 Å². The van der Waals surface area contributed by atoms with Crippen LogP contribution in [0.1, 0.15) is 41.6 Å². The van der Waals surface area contributed by atoms with Gasteiger partial charge >= 0.3 is 0 Å². The molecule has 0 spiro atoms. The molecule has 1 aliphatic rings. The third kappa shape index (κ3) is 4.90. The summed E-state index contributed by atoms with van der Waals surface area (Å²) in [6.07, 6.45) is 6.60. The highest BCUT2D eigenvalue weighted by atomic mass is 16.5. The SMILES string of the molecule is COc1ccc(CNC(=O)c2ccnc(N3CCCCCC3)c2)cc1OC. The topological polar surface area (TPSA) is 63.7 Å². The lowest BCUT2D eigenvalue weighted by molar-refractivity contribution is 0.0951. The molecule has 1 aromatic carbocycles. The molecule has 144 valence electrons. The van der Waals surface area contributed by atoms with Gasteiger partial charge in [0.1, 0.15) is 5.82 Å². The zero-order valence-corrected chi connectivity index (χ0v) is 16.0. The molecule has 2 heterocycles. The van der Waals surface area contributed by atoms with Crippen molar-refractivity contribution in [1.29, 1.82) is 0 Å². The average Bonchev–Trinajstić information content (AvgIpc) is 3.01. The van der Waals surface area contributed by atoms with E-state index in [1.54, 1.807) is 26.5 Å². The first-order chi connectivity index (χ1) is 13.2. The Morgan fingerprint density at radius 3 is 2.48 bits per heavy atom. The molecule has 1 N–H and O–H groups in total. The first kappa shape index (κ1) is 19.0. The number of nitrogens with zero attached hydrogens (tertiary/aromatic N) is 2. The number of rotatable bonds is 6. The highest BCUT2D eigenvalue weighted by Gasteiger charge is 2.14. The lowest BCUT2D eigenvalue weighted by Gasteiger charge is -2.21. The lowest BCUT2D eigenvalue weighted by atomic mass is 10.2. The monoisotopic (exact) mass is 369 g/mol. The Morgan fingerprint density at radius 2 is 1.78 bits per heavy atom. The fraction of sp³-hybridized carbons (Fsp3) is 0.429. The second kappa shape index (κ2) is 9.26. The summed E-state index contributed by atoms with van der Waals surface area (Å²) in [5.74, 6) is 2.10. The predicted molar refractivity (Wildman–Crippen MR) is 106 cm³/mol. The van der Waals surface area contributed by atoms with Gasteiger partial charge in [-0.15, -0.1) is 0 Å². The minimum atomic E-state index is -0.108. The number of hydrogen-bond donors (Lipinski definition) is 1. The van der Waals surface area contributed by atoms with Gasteiger partial charge in [-0.2, -0.15) is 0 Å². The van der Waals surface area contributed by atoms with Gasteiger partial charge in [0, 0.05) is 31.4 Å². The molecule has 0 bridgehead atoms. The van der Waals surface area contributed by atoms with E-state index in [-0.39, 0.29) is 5.91 Å². The van der Waals surface area contributed by atoms with Crippen LogP contribution < -0.4 is 19.7 Å². The molecule has 6 nitrogen and oxygen atoms in total. The van der Waals surface area contributed by atoms with Gasteiger partial charge in [0.05, 0.1) is 14.2 Å². The molecule has 3 rings (SSSR count). The van der Waals surface area contributed by atoms with Crippen LogP contribution >= 0.6 is 0 Å². The minimum Gasteiger partial charge on any atom is -0.493 e. The Bertz CT molecular complexity index is 771. The second-order valence-electron chi connectivity index (χ2n) is 6.68. The van der Waals surface area contributed by atoms with Crippen LogP contribution in [0.25, 0.3) is 0 Å². The summed E-state index contributed by atoms with van der Waals surface area (Å²) in [6.45, 7) is 2.42. The van der Waals surface area contributed by atoms with Gasteiger partial charge in [0.25, 0.3) is 5.91 Å². The van der Waals surface area contributed by atoms with Crippen LogP contribution in [0.4, 0.5) is 5.82 Å². The van der Waals surface area contributed by atoms with Gasteiger partial charge in [-0.05, 0) is 42.7 Å². The van der Waals surface area contributed by atoms with Crippen LogP contribution in [0.15, 0.2) is 36.5 Å². The molecule has 0 unspecified atom stereocenters. The van der Waals surface area contributed by atoms with Crippen molar-refractivity contribution >= 4 is 11.7 Å². The Morgan fingerprint density at radius 1 is 1.04 bits per heavy atom. The Hall–Kier alpha value is -2.76. The molecular weight excluding hydrogens is 342 g/mol. The lowest BCUT2D eigenvalue weighted by Crippen LogP contribution is -2.26. The van der Waals surface area contributed by atoms with Crippen LogP contribution in [-0.4, -0.2) is 38.2 Å². The highest BCUT2D eigenvalue weighted by Crippen LogP contribution is 2.27. The number of anilines is 1. The zero-order valence-electron chi connectivity index (χ0n) is 16.0. The second-order valence-corrected chi connectivity index (χ2v) is 6.68. The zero-order chi connectivity index (χ0) is 19.1. The van der Waals surface area contributed by atoms with Crippen molar-refractivity contribution in [3.05, 3.63) is 47.7 Å². The van der Waals surface area contributed by atoms with E-state index in [2.05, 4.69) is 15.2 Å². The van der Waals surface area contributed by atoms with Crippen LogP contribution in [0.2, 0.25) is 0 Å². The van der Waals surface area contributed by atoms with Gasteiger partial charge in [-0.3, -0.25) is 4.79 Å². The largest absolute Gasteiger partial charge is 0.493 e. The van der Waals surface area contributed by atoms with Crippen molar-refractivity contribution in [2.75, 3.05) is 32.2 Å². The van der Waals surface area contributed by atoms with Gasteiger partial charge in [0.2, 0.25) is 0 Å². The van der Waals surface area contributed by atoms with E-state index in [1.807, 2.05) is 24.3 Å². The number of amides is 1. The van der Waals surface area contributed by atoms with Gasteiger partial charge in [-0.25, -0.2) is 4.98 Å². The van der Waals surface area contributed by atoms with E-state index < -0.39 is 0 Å². The molecule has 1 fully saturated rings. The number of methoxy groups -OCH3 is 2. The Labute approximate surface area is 160 Å². The number of nitrogens with one attached hydrogen (secondary N) is 1. The van der Waals surface area contributed by atoms with E-state index in [0.717, 1.165) is 24.5 Å². The number of benzene rings is 1. The summed E-state index contributed by atoms with van der Waals surface area (Å²) in [5.41, 5.74) is 1.58. The summed E-state index contributed by atoms with van der Waals surface area (Å²) >= 11 is 0. The van der Waals surface area contributed by atoms with Crippen molar-refractivity contribution in [1.82, 2.24) is 10.3 Å². The molecule has 1 amide bonds. The summed E-state index contributed by atoms with van der Waals surface area (Å²) in [5, 5.41) is 2.96. The summed E-state index contributed by atoms with van der Waals surface area (Å²) in [4.78, 5) is 19.3. The predicted octanol–water partition coefficient (Wildman–Crippen LogP) is 3.41. The summed E-state index contributed by atoms with van der Waals surface area (Å²) in [7, 11) is 3.20. The van der Waals surface area contributed by atoms with Gasteiger partial charge in [-0.1, -0.05) is 18.9 Å². The van der Waals surface area contributed by atoms with Crippen LogP contribution in [0.3, 0.4) is 0 Å². The fourth-order valence-electron chi connectivity index (χ4n) is 3.31. The van der Waals surface area contributed by atoms with E-state index in [9.17, 15) is 4.79 Å². The molecule has 0 saturated carbocycles. The number of carbonyl (C=O) groups excluding carboxylic acids is 1. The van der Waals surface area contributed by atoms with E-state index in [4.69, 9.17) is 9.47 Å². The summed E-state index contributed by atoms with van der Waals surface area (Å²) in [6, 6.07) is 9.26. The number of aromatic nitrogens is 1. The van der Waals surface area contributed by atoms with Crippen molar-refractivity contribution < 1.29 is 14.3 Å². The minimum absolute atomic E-state index is 0.108. The van der Waals surface area contributed by atoms with E-state index in [1.165, 1.54) is 25.7 Å². The maximum absolute atomic E-state index is 12.6. The van der Waals surface area contributed by atoms with Crippen molar-refractivity contribution in [2.45, 2.75) is 32.2 Å². The third-order valence-corrected chi connectivity index (χ3v) is 4.84. The standard InChI is InChI=1S/C21H27N3O3/c1-26-18-8-7-16(13-19(18)27-2)15-23-21(25)17-9-10-22-20(14-17)24-11-5-3-4-6-12-24/h7-10,13-14H,3-6,11-12,15H2,1-2H3,(H,23,25). The highest BCUT2D eigenvalue weighted by molar-refractivity contribution is 5.94. The van der Waals surface area contributed by atoms with Gasteiger partial charge < -0.3 is 19.7 Å². The van der Waals surface area contributed by atoms with Crippen LogP contribution in [0, 0.1) is 0 Å². The van der Waals surface area contributed by atoms with E-state index in [0.29, 0.717) is 23.6 Å². The van der Waals surface area contributed by atoms with Crippen molar-refractivity contribution in [3.8, 4) is 11.5 Å². The normalized spacial score (nSPS) is 14.4. The maximum atomic E-state index is 12.6. The first-order valence-electron chi connectivity index (χ1n) is 9.41. The molecule has 1 saturated heterocycles.